The van der Waals surface area contributed by atoms with Crippen LogP contribution in [0.5, 0.6) is 5.75 Å². The molecule has 3 aliphatic rings. The third-order valence-electron chi connectivity index (χ3n) is 10.3. The number of piperazine rings is 1. The summed E-state index contributed by atoms with van der Waals surface area (Å²) in [5.41, 5.74) is 3.26. The highest BCUT2D eigenvalue weighted by atomic mass is 16.3. The summed E-state index contributed by atoms with van der Waals surface area (Å²) >= 11 is 0. The number of piperidine rings is 1. The summed E-state index contributed by atoms with van der Waals surface area (Å²) in [6.45, 7) is 2.59. The quantitative estimate of drug-likeness (QED) is 0.0856. The van der Waals surface area contributed by atoms with Crippen LogP contribution in [-0.2, 0) is 29.1 Å². The van der Waals surface area contributed by atoms with Gasteiger partial charge in [-0.25, -0.2) is 14.5 Å². The van der Waals surface area contributed by atoms with Crippen LogP contribution in [0, 0.1) is 0 Å². The standard InChI is InChI=1S/C38H39N9O5/c48-33-13-4-1-10-29(33)34(49)17-19-43-23-28-20-27(43)24-46(28)35-14-7-9-25(39-35)21-44-22-26(41-42-44)8-5-6-18-45-30-11-2-3-12-31(30)47(38(45)52)32-15-16-36(50)40-37(32)51/h1-4,7,9-14,17,19,22,27-28,32,48H,5-6,8,15-16,18,20-21,23-24H2,(H,40,50,51)/b19-17+/t27-,28-,32?/m1/s1. The van der Waals surface area contributed by atoms with Crippen molar-refractivity contribution in [3.63, 3.8) is 0 Å². The zero-order valence-electron chi connectivity index (χ0n) is 28.5. The van der Waals surface area contributed by atoms with Crippen molar-refractivity contribution in [2.75, 3.05) is 18.0 Å². The Balaban J connectivity index is 0.846. The van der Waals surface area contributed by atoms with Gasteiger partial charge in [0.15, 0.2) is 5.78 Å². The molecule has 3 atom stereocenters. The lowest BCUT2D eigenvalue weighted by atomic mass is 10.1. The fourth-order valence-corrected chi connectivity index (χ4v) is 7.76. The van der Waals surface area contributed by atoms with Crippen molar-refractivity contribution >= 4 is 34.4 Å². The molecule has 1 unspecified atom stereocenters. The molecule has 2 amide bonds. The number of carbonyl (C=O) groups is 3. The first-order valence-corrected chi connectivity index (χ1v) is 17.7. The number of likely N-dealkylation sites (tertiary alicyclic amines) is 1. The summed E-state index contributed by atoms with van der Waals surface area (Å²) in [6.07, 6.45) is 9.06. The predicted octanol–water partition coefficient (Wildman–Crippen LogP) is 3.20. The number of pyridine rings is 1. The third-order valence-corrected chi connectivity index (χ3v) is 10.3. The van der Waals surface area contributed by atoms with Gasteiger partial charge in [-0.15, -0.1) is 5.10 Å². The molecule has 3 aromatic heterocycles. The van der Waals surface area contributed by atoms with Gasteiger partial charge < -0.3 is 14.9 Å². The number of imide groups is 1. The first kappa shape index (κ1) is 33.1. The van der Waals surface area contributed by atoms with Gasteiger partial charge in [0.05, 0.1) is 34.5 Å². The molecule has 2 bridgehead atoms. The average molecular weight is 702 g/mol. The van der Waals surface area contributed by atoms with Crippen LogP contribution < -0.4 is 15.9 Å². The van der Waals surface area contributed by atoms with Gasteiger partial charge in [-0.05, 0) is 68.5 Å². The van der Waals surface area contributed by atoms with Crippen molar-refractivity contribution in [2.24, 2.45) is 0 Å². The van der Waals surface area contributed by atoms with Crippen molar-refractivity contribution in [3.05, 3.63) is 113 Å². The van der Waals surface area contributed by atoms with Crippen LogP contribution in [-0.4, -0.2) is 81.9 Å². The van der Waals surface area contributed by atoms with E-state index in [9.17, 15) is 24.3 Å². The second-order valence-corrected chi connectivity index (χ2v) is 13.7. The van der Waals surface area contributed by atoms with E-state index in [1.54, 1.807) is 27.4 Å². The first-order valence-electron chi connectivity index (χ1n) is 17.7. The molecule has 3 fully saturated rings. The monoisotopic (exact) mass is 701 g/mol. The van der Waals surface area contributed by atoms with E-state index >= 15 is 0 Å². The fourth-order valence-electron chi connectivity index (χ4n) is 7.76. The number of imidazole rings is 1. The Kier molecular flexibility index (Phi) is 8.87. The second kappa shape index (κ2) is 13.9. The molecule has 0 saturated carbocycles. The lowest BCUT2D eigenvalue weighted by Crippen LogP contribution is -2.44. The van der Waals surface area contributed by atoms with E-state index in [1.165, 1.54) is 16.7 Å². The van der Waals surface area contributed by atoms with Crippen molar-refractivity contribution in [2.45, 2.75) is 69.7 Å². The molecule has 0 radical (unpaired) electrons. The number of hydrogen-bond donors (Lipinski definition) is 2. The van der Waals surface area contributed by atoms with Crippen molar-refractivity contribution in [3.8, 4) is 5.75 Å². The molecular weight excluding hydrogens is 662 g/mol. The SMILES string of the molecule is O=C1CCC(n2c(=O)n(CCCCc3cn(Cc4cccc(N5C[C@H]6C[C@@H]5CN6/C=C/C(=O)c5ccccc5O)n4)nn3)c3ccccc32)C(=O)N1. The minimum Gasteiger partial charge on any atom is -0.507 e. The summed E-state index contributed by atoms with van der Waals surface area (Å²) in [7, 11) is 0. The zero-order chi connectivity index (χ0) is 35.8. The van der Waals surface area contributed by atoms with Crippen molar-refractivity contribution in [1.29, 1.82) is 0 Å². The van der Waals surface area contributed by atoms with E-state index in [0.717, 1.165) is 55.1 Å². The van der Waals surface area contributed by atoms with Crippen molar-refractivity contribution < 1.29 is 19.5 Å². The summed E-state index contributed by atoms with van der Waals surface area (Å²) in [5.74, 6) is -0.0514. The van der Waals surface area contributed by atoms with Crippen molar-refractivity contribution in [1.82, 2.24) is 39.3 Å². The Labute approximate surface area is 299 Å². The van der Waals surface area contributed by atoms with Crippen LogP contribution in [0.3, 0.4) is 0 Å². The van der Waals surface area contributed by atoms with Gasteiger partial charge in [-0.1, -0.05) is 35.5 Å². The van der Waals surface area contributed by atoms with Crippen LogP contribution in [0.15, 0.2) is 90.0 Å². The Hall–Kier alpha value is -6.05. The Morgan fingerprint density at radius 1 is 0.923 bits per heavy atom. The number of unbranched alkanes of at least 4 members (excludes halogenated alkanes) is 1. The number of ketones is 1. The number of nitrogens with one attached hydrogen (secondary N) is 1. The molecule has 5 aromatic rings. The predicted molar refractivity (Wildman–Crippen MR) is 192 cm³/mol. The maximum atomic E-state index is 13.5. The highest BCUT2D eigenvalue weighted by Gasteiger charge is 2.42. The molecular formula is C38H39N9O5. The number of anilines is 1. The van der Waals surface area contributed by atoms with Crippen LogP contribution in [0.4, 0.5) is 5.82 Å². The Morgan fingerprint density at radius 3 is 2.56 bits per heavy atom. The minimum absolute atomic E-state index is 0.0132. The minimum atomic E-state index is -0.708. The number of aromatic nitrogens is 6. The zero-order valence-corrected chi connectivity index (χ0v) is 28.5. The number of carbonyl (C=O) groups excluding carboxylic acids is 3. The number of aryl methyl sites for hydroxylation is 2. The van der Waals surface area contributed by atoms with Crippen LogP contribution in [0.25, 0.3) is 11.0 Å². The largest absolute Gasteiger partial charge is 0.507 e. The number of phenolic OH excluding ortho intramolecular Hbond substituents is 1. The third kappa shape index (κ3) is 6.47. The maximum Gasteiger partial charge on any atom is 0.329 e. The molecule has 52 heavy (non-hydrogen) atoms. The molecule has 266 valence electrons. The number of para-hydroxylation sites is 3. The molecule has 2 aromatic carbocycles. The molecule has 14 nitrogen and oxygen atoms in total. The number of rotatable bonds is 12. The lowest BCUT2D eigenvalue weighted by Gasteiger charge is -2.34. The van der Waals surface area contributed by atoms with Crippen LogP contribution in [0.1, 0.15) is 59.9 Å². The van der Waals surface area contributed by atoms with Gasteiger partial charge in [0, 0.05) is 56.6 Å². The molecule has 8 rings (SSSR count). The highest BCUT2D eigenvalue weighted by Crippen LogP contribution is 2.34. The van der Waals surface area contributed by atoms with E-state index in [2.05, 4.69) is 25.4 Å². The average Bonchev–Trinajstić information content (AvgIpc) is 3.93. The lowest BCUT2D eigenvalue weighted by molar-refractivity contribution is -0.135. The number of phenols is 1. The molecule has 6 heterocycles. The van der Waals surface area contributed by atoms with Crippen LogP contribution >= 0.6 is 0 Å². The van der Waals surface area contributed by atoms with E-state index in [0.29, 0.717) is 43.1 Å². The van der Waals surface area contributed by atoms with E-state index in [-0.39, 0.29) is 35.6 Å². The highest BCUT2D eigenvalue weighted by molar-refractivity contribution is 6.06. The normalized spacial score (nSPS) is 20.0. The van der Waals surface area contributed by atoms with Gasteiger partial charge in [0.25, 0.3) is 0 Å². The first-order chi connectivity index (χ1) is 25.3. The number of hydrogen-bond acceptors (Lipinski definition) is 10. The summed E-state index contributed by atoms with van der Waals surface area (Å²) in [5, 5.41) is 21.1. The molecule has 0 spiro atoms. The molecule has 0 aliphatic carbocycles. The van der Waals surface area contributed by atoms with E-state index in [4.69, 9.17) is 4.98 Å². The number of nitrogens with zero attached hydrogens (tertiary/aromatic N) is 8. The Bertz CT molecular complexity index is 2250. The molecule has 2 N–H and O–H groups in total. The van der Waals surface area contributed by atoms with Gasteiger partial charge >= 0.3 is 5.69 Å². The number of benzene rings is 2. The van der Waals surface area contributed by atoms with E-state index in [1.807, 2.05) is 54.9 Å². The van der Waals surface area contributed by atoms with Gasteiger partial charge in [0.2, 0.25) is 11.8 Å². The number of fused-ring (bicyclic) bond motifs is 3. The second-order valence-electron chi connectivity index (χ2n) is 13.7. The van der Waals surface area contributed by atoms with E-state index < -0.39 is 11.9 Å². The molecule has 3 aliphatic heterocycles. The fraction of sp³-hybridized carbons (Fsp3) is 0.342. The number of aromatic hydroxyl groups is 1. The topological polar surface area (TPSA) is 160 Å². The number of allylic oxidation sites excluding steroid dienone is 1. The smallest absolute Gasteiger partial charge is 0.329 e. The van der Waals surface area contributed by atoms with Gasteiger partial charge in [0.1, 0.15) is 17.6 Å². The summed E-state index contributed by atoms with van der Waals surface area (Å²) < 4.78 is 5.04. The summed E-state index contributed by atoms with van der Waals surface area (Å²) in [6, 6.07) is 19.9. The van der Waals surface area contributed by atoms with Gasteiger partial charge in [-0.3, -0.25) is 28.8 Å². The maximum absolute atomic E-state index is 13.5. The summed E-state index contributed by atoms with van der Waals surface area (Å²) in [4.78, 5) is 59.9. The molecule has 14 heteroatoms. The van der Waals surface area contributed by atoms with Gasteiger partial charge in [-0.2, -0.15) is 0 Å². The Morgan fingerprint density at radius 2 is 1.75 bits per heavy atom. The number of amides is 2. The van der Waals surface area contributed by atoms with Crippen LogP contribution in [0.2, 0.25) is 0 Å². The molecule has 3 saturated heterocycles.